The molecule has 0 saturated heterocycles. The average molecular weight is 348 g/mol. The van der Waals surface area contributed by atoms with Crippen LogP contribution in [-0.4, -0.2) is 7.11 Å². The first-order valence-electron chi connectivity index (χ1n) is 5.45. The minimum absolute atomic E-state index is 0.282. The molecule has 0 aliphatic heterocycles. The minimum atomic E-state index is -0.756. The normalized spacial score (nSPS) is 12.3. The predicted molar refractivity (Wildman–Crippen MR) is 74.7 cm³/mol. The lowest BCUT2D eigenvalue weighted by molar-refractivity contribution is 0.410. The number of benzene rings is 2. The van der Waals surface area contributed by atoms with Gasteiger partial charge in [-0.25, -0.2) is 8.78 Å². The Balaban J connectivity index is 2.38. The van der Waals surface area contributed by atoms with Gasteiger partial charge in [-0.3, -0.25) is 0 Å². The molecule has 19 heavy (non-hydrogen) atoms. The average Bonchev–Trinajstić information content (AvgIpc) is 2.41. The smallest absolute Gasteiger partial charge is 0.137 e. The number of halogens is 4. The van der Waals surface area contributed by atoms with Crippen molar-refractivity contribution in [1.82, 2.24) is 0 Å². The fourth-order valence-corrected chi connectivity index (χ4v) is 2.25. The molecule has 2 aromatic rings. The summed E-state index contributed by atoms with van der Waals surface area (Å²) in [4.78, 5) is 0. The van der Waals surface area contributed by atoms with Crippen molar-refractivity contribution in [2.45, 2.75) is 5.38 Å². The Labute approximate surface area is 123 Å². The fraction of sp³-hybridized carbons (Fsp3) is 0.143. The molecule has 0 radical (unpaired) electrons. The summed E-state index contributed by atoms with van der Waals surface area (Å²) in [6.07, 6.45) is 0. The van der Waals surface area contributed by atoms with Gasteiger partial charge in [0.2, 0.25) is 0 Å². The zero-order valence-electron chi connectivity index (χ0n) is 9.96. The number of rotatable bonds is 3. The van der Waals surface area contributed by atoms with E-state index < -0.39 is 17.0 Å². The molecule has 100 valence electrons. The molecule has 0 spiro atoms. The molecule has 0 aromatic heterocycles. The van der Waals surface area contributed by atoms with Crippen LogP contribution in [0.4, 0.5) is 8.78 Å². The van der Waals surface area contributed by atoms with Gasteiger partial charge in [0.05, 0.1) is 17.0 Å². The van der Waals surface area contributed by atoms with E-state index in [1.54, 1.807) is 18.2 Å². The van der Waals surface area contributed by atoms with Gasteiger partial charge in [-0.1, -0.05) is 12.1 Å². The van der Waals surface area contributed by atoms with Gasteiger partial charge in [-0.15, -0.1) is 11.6 Å². The van der Waals surface area contributed by atoms with Gasteiger partial charge in [0.15, 0.2) is 0 Å². The number of alkyl halides is 1. The number of hydrogen-bond acceptors (Lipinski definition) is 1. The van der Waals surface area contributed by atoms with E-state index in [4.69, 9.17) is 16.3 Å². The topological polar surface area (TPSA) is 9.23 Å². The summed E-state index contributed by atoms with van der Waals surface area (Å²) in [7, 11) is 1.46. The van der Waals surface area contributed by atoms with Crippen LogP contribution in [-0.2, 0) is 0 Å². The Bertz CT molecular complexity index is 604. The van der Waals surface area contributed by atoms with Crippen LogP contribution in [0.25, 0.3) is 0 Å². The minimum Gasteiger partial charge on any atom is -0.497 e. The van der Waals surface area contributed by atoms with E-state index in [0.29, 0.717) is 15.8 Å². The van der Waals surface area contributed by atoms with Crippen molar-refractivity contribution in [3.63, 3.8) is 0 Å². The molecule has 1 nitrogen and oxygen atoms in total. The van der Waals surface area contributed by atoms with E-state index in [1.807, 2.05) is 0 Å². The van der Waals surface area contributed by atoms with Crippen molar-refractivity contribution < 1.29 is 13.5 Å². The molecule has 1 unspecified atom stereocenters. The lowest BCUT2D eigenvalue weighted by Crippen LogP contribution is -1.98. The Kier molecular flexibility index (Phi) is 4.42. The highest BCUT2D eigenvalue weighted by Crippen LogP contribution is 2.33. The van der Waals surface area contributed by atoms with Gasteiger partial charge in [-0.05, 0) is 39.7 Å². The Morgan fingerprint density at radius 3 is 2.42 bits per heavy atom. The summed E-state index contributed by atoms with van der Waals surface area (Å²) in [6.45, 7) is 0. The highest BCUT2D eigenvalue weighted by Gasteiger charge is 2.17. The molecule has 0 aliphatic rings. The van der Waals surface area contributed by atoms with Gasteiger partial charge < -0.3 is 4.74 Å². The van der Waals surface area contributed by atoms with E-state index >= 15 is 0 Å². The summed E-state index contributed by atoms with van der Waals surface area (Å²) >= 11 is 9.25. The monoisotopic (exact) mass is 346 g/mol. The molecule has 0 amide bonds. The predicted octanol–water partition coefficient (Wildman–Crippen LogP) is 5.06. The van der Waals surface area contributed by atoms with Crippen LogP contribution in [0, 0.1) is 11.6 Å². The van der Waals surface area contributed by atoms with Gasteiger partial charge in [0, 0.05) is 11.6 Å². The van der Waals surface area contributed by atoms with E-state index in [1.165, 1.54) is 25.3 Å². The first-order valence-corrected chi connectivity index (χ1v) is 6.68. The number of methoxy groups -OCH3 is 1. The second kappa shape index (κ2) is 5.88. The van der Waals surface area contributed by atoms with Crippen molar-refractivity contribution >= 4 is 27.5 Å². The molecule has 0 aliphatic carbocycles. The van der Waals surface area contributed by atoms with Crippen LogP contribution in [0.3, 0.4) is 0 Å². The van der Waals surface area contributed by atoms with Crippen LogP contribution >= 0.6 is 27.5 Å². The summed E-state index contributed by atoms with van der Waals surface area (Å²) in [5.41, 5.74) is 0.774. The SMILES string of the molecule is COc1ccc(C(Cl)c2ccc(Br)c(F)c2)c(F)c1. The summed E-state index contributed by atoms with van der Waals surface area (Å²) in [5.74, 6) is -0.508. The number of hydrogen-bond donors (Lipinski definition) is 0. The first-order chi connectivity index (χ1) is 9.02. The Morgan fingerprint density at radius 2 is 1.84 bits per heavy atom. The third-order valence-corrected chi connectivity index (χ3v) is 3.85. The molecular weight excluding hydrogens is 338 g/mol. The molecule has 0 N–H and O–H groups in total. The standard InChI is InChI=1S/C14H10BrClF2O/c1-19-9-3-4-10(12(17)7-9)14(16)8-2-5-11(15)13(18)6-8/h2-7,14H,1H3. The first kappa shape index (κ1) is 14.3. The van der Waals surface area contributed by atoms with Gasteiger partial charge in [-0.2, -0.15) is 0 Å². The van der Waals surface area contributed by atoms with Gasteiger partial charge in [0.1, 0.15) is 17.4 Å². The molecule has 0 bridgehead atoms. The zero-order valence-corrected chi connectivity index (χ0v) is 12.3. The quantitative estimate of drug-likeness (QED) is 0.705. The van der Waals surface area contributed by atoms with Crippen molar-refractivity contribution in [2.24, 2.45) is 0 Å². The van der Waals surface area contributed by atoms with Crippen LogP contribution in [0.2, 0.25) is 0 Å². The van der Waals surface area contributed by atoms with Crippen molar-refractivity contribution in [3.05, 3.63) is 63.6 Å². The summed E-state index contributed by atoms with van der Waals surface area (Å²) in [6, 6.07) is 8.87. The maximum Gasteiger partial charge on any atom is 0.137 e. The summed E-state index contributed by atoms with van der Waals surface area (Å²) < 4.78 is 32.6. The van der Waals surface area contributed by atoms with Crippen molar-refractivity contribution in [2.75, 3.05) is 7.11 Å². The third kappa shape index (κ3) is 3.07. The second-order valence-corrected chi connectivity index (χ2v) is 5.21. The molecular formula is C14H10BrClF2O. The van der Waals surface area contributed by atoms with E-state index in [0.717, 1.165) is 0 Å². The zero-order chi connectivity index (χ0) is 14.0. The van der Waals surface area contributed by atoms with Crippen LogP contribution in [0.1, 0.15) is 16.5 Å². The number of ether oxygens (including phenoxy) is 1. The third-order valence-electron chi connectivity index (χ3n) is 2.72. The van der Waals surface area contributed by atoms with E-state index in [-0.39, 0.29) is 5.56 Å². The van der Waals surface area contributed by atoms with E-state index in [9.17, 15) is 8.78 Å². The molecule has 0 saturated carbocycles. The lowest BCUT2D eigenvalue weighted by Gasteiger charge is -2.12. The molecule has 2 aromatic carbocycles. The Morgan fingerprint density at radius 1 is 1.11 bits per heavy atom. The fourth-order valence-electron chi connectivity index (χ4n) is 1.69. The van der Waals surface area contributed by atoms with Crippen LogP contribution in [0.5, 0.6) is 5.75 Å². The maximum atomic E-state index is 13.9. The van der Waals surface area contributed by atoms with Crippen LogP contribution < -0.4 is 4.74 Å². The summed E-state index contributed by atoms with van der Waals surface area (Å²) in [5, 5.41) is -0.756. The van der Waals surface area contributed by atoms with Crippen molar-refractivity contribution in [1.29, 1.82) is 0 Å². The highest BCUT2D eigenvalue weighted by molar-refractivity contribution is 9.10. The van der Waals surface area contributed by atoms with Crippen LogP contribution in [0.15, 0.2) is 40.9 Å². The van der Waals surface area contributed by atoms with Gasteiger partial charge in [0.25, 0.3) is 0 Å². The second-order valence-electron chi connectivity index (χ2n) is 3.92. The molecule has 5 heteroatoms. The molecule has 0 fully saturated rings. The van der Waals surface area contributed by atoms with E-state index in [2.05, 4.69) is 15.9 Å². The Hall–Kier alpha value is -1.13. The van der Waals surface area contributed by atoms with Gasteiger partial charge >= 0.3 is 0 Å². The molecule has 0 heterocycles. The van der Waals surface area contributed by atoms with Crippen molar-refractivity contribution in [3.8, 4) is 5.75 Å². The largest absolute Gasteiger partial charge is 0.497 e. The highest BCUT2D eigenvalue weighted by atomic mass is 79.9. The maximum absolute atomic E-state index is 13.9. The molecule has 2 rings (SSSR count). The lowest BCUT2D eigenvalue weighted by atomic mass is 10.0. The molecule has 1 atom stereocenters.